The Morgan fingerprint density at radius 3 is 2.25 bits per heavy atom. The summed E-state index contributed by atoms with van der Waals surface area (Å²) in [6.07, 6.45) is 2.51. The molecule has 0 aliphatic carbocycles. The Kier molecular flexibility index (Phi) is 7.25. The average Bonchev–Trinajstić information content (AvgIpc) is 2.40. The van der Waals surface area contributed by atoms with Crippen molar-refractivity contribution in [2.45, 2.75) is 53.1 Å². The lowest BCUT2D eigenvalue weighted by molar-refractivity contribution is 0.194. The minimum absolute atomic E-state index is 0.621. The predicted molar refractivity (Wildman–Crippen MR) is 89.2 cm³/mol. The van der Waals surface area contributed by atoms with Gasteiger partial charge in [0, 0.05) is 19.1 Å². The highest BCUT2D eigenvalue weighted by Crippen LogP contribution is 2.17. The van der Waals surface area contributed by atoms with Gasteiger partial charge in [0.15, 0.2) is 0 Å². The fourth-order valence-corrected chi connectivity index (χ4v) is 3.00. The third-order valence-corrected chi connectivity index (χ3v) is 4.42. The molecule has 0 aromatic heterocycles. The largest absolute Gasteiger partial charge is 0.311 e. The molecule has 0 aliphatic rings. The van der Waals surface area contributed by atoms with E-state index in [4.69, 9.17) is 0 Å². The fraction of sp³-hybridized carbons (Fsp3) is 0.667. The molecular weight excluding hydrogens is 244 g/mol. The Hall–Kier alpha value is -0.860. The molecule has 0 radical (unpaired) electrons. The second kappa shape index (κ2) is 8.43. The van der Waals surface area contributed by atoms with Crippen molar-refractivity contribution in [2.75, 3.05) is 20.6 Å². The molecule has 1 rings (SSSR count). The van der Waals surface area contributed by atoms with Crippen LogP contribution in [0.3, 0.4) is 0 Å². The number of nitrogens with one attached hydrogen (secondary N) is 1. The number of nitrogens with zero attached hydrogens (tertiary/aromatic N) is 1. The van der Waals surface area contributed by atoms with Gasteiger partial charge in [-0.2, -0.15) is 0 Å². The number of hydrogen-bond donors (Lipinski definition) is 1. The van der Waals surface area contributed by atoms with Crippen molar-refractivity contribution in [1.29, 1.82) is 0 Å². The summed E-state index contributed by atoms with van der Waals surface area (Å²) in [5, 5.41) is 3.65. The van der Waals surface area contributed by atoms with Crippen LogP contribution < -0.4 is 5.32 Å². The minimum Gasteiger partial charge on any atom is -0.311 e. The van der Waals surface area contributed by atoms with Crippen LogP contribution in [0, 0.1) is 19.8 Å². The van der Waals surface area contributed by atoms with Crippen LogP contribution in [0.4, 0.5) is 0 Å². The van der Waals surface area contributed by atoms with Gasteiger partial charge in [0.05, 0.1) is 0 Å². The van der Waals surface area contributed by atoms with Crippen LogP contribution in [0.15, 0.2) is 18.2 Å². The summed E-state index contributed by atoms with van der Waals surface area (Å²) in [7, 11) is 4.39. The second-order valence-electron chi connectivity index (χ2n) is 6.17. The van der Waals surface area contributed by atoms with Crippen molar-refractivity contribution in [1.82, 2.24) is 10.2 Å². The first-order valence-corrected chi connectivity index (χ1v) is 7.92. The highest BCUT2D eigenvalue weighted by atomic mass is 15.1. The quantitative estimate of drug-likeness (QED) is 0.778. The van der Waals surface area contributed by atoms with Gasteiger partial charge in [-0.1, -0.05) is 50.5 Å². The number of rotatable bonds is 8. The van der Waals surface area contributed by atoms with E-state index in [1.165, 1.54) is 29.5 Å². The maximum Gasteiger partial charge on any atom is 0.0242 e. The van der Waals surface area contributed by atoms with E-state index < -0.39 is 0 Å². The first kappa shape index (κ1) is 17.2. The minimum atomic E-state index is 0.621. The van der Waals surface area contributed by atoms with Crippen molar-refractivity contribution in [3.8, 4) is 0 Å². The van der Waals surface area contributed by atoms with E-state index in [0.717, 1.165) is 19.0 Å². The van der Waals surface area contributed by atoms with E-state index in [9.17, 15) is 0 Å². The lowest BCUT2D eigenvalue weighted by Gasteiger charge is -2.31. The van der Waals surface area contributed by atoms with Crippen molar-refractivity contribution < 1.29 is 0 Å². The Morgan fingerprint density at radius 2 is 1.75 bits per heavy atom. The van der Waals surface area contributed by atoms with E-state index in [2.05, 4.69) is 70.2 Å². The first-order valence-electron chi connectivity index (χ1n) is 7.92. The molecule has 0 spiro atoms. The van der Waals surface area contributed by atoms with Crippen LogP contribution in [-0.2, 0) is 6.54 Å². The zero-order chi connectivity index (χ0) is 15.1. The van der Waals surface area contributed by atoms with Crippen LogP contribution in [0.25, 0.3) is 0 Å². The molecule has 0 saturated heterocycles. The topological polar surface area (TPSA) is 15.3 Å². The van der Waals surface area contributed by atoms with Gasteiger partial charge in [0.2, 0.25) is 0 Å². The Bertz CT molecular complexity index is 394. The van der Waals surface area contributed by atoms with Crippen LogP contribution in [0.5, 0.6) is 0 Å². The molecule has 114 valence electrons. The van der Waals surface area contributed by atoms with Crippen LogP contribution in [0.1, 0.15) is 43.4 Å². The van der Waals surface area contributed by atoms with Gasteiger partial charge in [-0.05, 0) is 45.0 Å². The molecule has 1 aromatic carbocycles. The maximum atomic E-state index is 3.65. The molecule has 1 atom stereocenters. The molecule has 2 nitrogen and oxygen atoms in total. The monoisotopic (exact) mass is 276 g/mol. The number of hydrogen-bond acceptors (Lipinski definition) is 2. The van der Waals surface area contributed by atoms with Crippen molar-refractivity contribution in [3.05, 3.63) is 34.9 Å². The highest BCUT2D eigenvalue weighted by Gasteiger charge is 2.19. The van der Waals surface area contributed by atoms with Gasteiger partial charge in [-0.3, -0.25) is 0 Å². The zero-order valence-electron chi connectivity index (χ0n) is 14.2. The molecule has 1 aromatic rings. The molecule has 1 N–H and O–H groups in total. The van der Waals surface area contributed by atoms with Gasteiger partial charge in [-0.25, -0.2) is 0 Å². The summed E-state index contributed by atoms with van der Waals surface area (Å²) >= 11 is 0. The standard InChI is InChI=1S/C18H32N2/c1-7-16(8-2)18(20(5)6)13-19-12-17-10-9-14(3)11-15(17)4/h9-11,16,18-19H,7-8,12-13H2,1-6H3. The molecule has 0 amide bonds. The predicted octanol–water partition coefficient (Wildman–Crippen LogP) is 3.76. The summed E-state index contributed by atoms with van der Waals surface area (Å²) in [5.41, 5.74) is 4.15. The van der Waals surface area contributed by atoms with Gasteiger partial charge in [0.1, 0.15) is 0 Å². The molecule has 0 bridgehead atoms. The second-order valence-corrected chi connectivity index (χ2v) is 6.17. The third kappa shape index (κ3) is 4.92. The summed E-state index contributed by atoms with van der Waals surface area (Å²) < 4.78 is 0. The molecular formula is C18H32N2. The highest BCUT2D eigenvalue weighted by molar-refractivity contribution is 5.30. The Morgan fingerprint density at radius 1 is 1.10 bits per heavy atom. The summed E-state index contributed by atoms with van der Waals surface area (Å²) in [6.45, 7) is 11.0. The summed E-state index contributed by atoms with van der Waals surface area (Å²) in [5.74, 6) is 0.775. The normalized spacial score (nSPS) is 13.2. The van der Waals surface area contributed by atoms with Crippen LogP contribution in [0.2, 0.25) is 0 Å². The van der Waals surface area contributed by atoms with Crippen molar-refractivity contribution in [3.63, 3.8) is 0 Å². The van der Waals surface area contributed by atoms with Crippen molar-refractivity contribution >= 4 is 0 Å². The number of aryl methyl sites for hydroxylation is 2. The van der Waals surface area contributed by atoms with Gasteiger partial charge in [-0.15, -0.1) is 0 Å². The molecule has 0 heterocycles. The SMILES string of the molecule is CCC(CC)C(CNCc1ccc(C)cc1C)N(C)C. The summed E-state index contributed by atoms with van der Waals surface area (Å²) in [4.78, 5) is 2.37. The molecule has 0 fully saturated rings. The van der Waals surface area contributed by atoms with Gasteiger partial charge < -0.3 is 10.2 Å². The average molecular weight is 276 g/mol. The lowest BCUT2D eigenvalue weighted by atomic mass is 9.93. The van der Waals surface area contributed by atoms with Gasteiger partial charge >= 0.3 is 0 Å². The van der Waals surface area contributed by atoms with Crippen molar-refractivity contribution in [2.24, 2.45) is 5.92 Å². The van der Waals surface area contributed by atoms with E-state index in [-0.39, 0.29) is 0 Å². The molecule has 0 aliphatic heterocycles. The number of likely N-dealkylation sites (N-methyl/N-ethyl adjacent to an activating group) is 1. The lowest BCUT2D eigenvalue weighted by Crippen LogP contribution is -2.42. The zero-order valence-corrected chi connectivity index (χ0v) is 14.2. The molecule has 0 saturated carbocycles. The fourth-order valence-electron chi connectivity index (χ4n) is 3.00. The molecule has 2 heteroatoms. The van der Waals surface area contributed by atoms with E-state index in [1.807, 2.05) is 0 Å². The third-order valence-electron chi connectivity index (χ3n) is 4.42. The Balaban J connectivity index is 2.56. The first-order chi connectivity index (χ1) is 9.49. The summed E-state index contributed by atoms with van der Waals surface area (Å²) in [6, 6.07) is 7.34. The number of benzene rings is 1. The molecule has 20 heavy (non-hydrogen) atoms. The maximum absolute atomic E-state index is 3.65. The van der Waals surface area contributed by atoms with Gasteiger partial charge in [0.25, 0.3) is 0 Å². The van der Waals surface area contributed by atoms with E-state index >= 15 is 0 Å². The smallest absolute Gasteiger partial charge is 0.0242 e. The Labute approximate surface area is 125 Å². The van der Waals surface area contributed by atoms with E-state index in [0.29, 0.717) is 6.04 Å². The molecule has 1 unspecified atom stereocenters. The van der Waals surface area contributed by atoms with Crippen LogP contribution >= 0.6 is 0 Å². The van der Waals surface area contributed by atoms with E-state index in [1.54, 1.807) is 0 Å². The van der Waals surface area contributed by atoms with Crippen LogP contribution in [-0.4, -0.2) is 31.6 Å².